The number of fused-ring (bicyclic) bond motifs is 1. The summed E-state index contributed by atoms with van der Waals surface area (Å²) < 4.78 is 5.15. The molecule has 5 heteroatoms. The lowest BCUT2D eigenvalue weighted by Crippen LogP contribution is -2.16. The van der Waals surface area contributed by atoms with Crippen LogP contribution in [0.2, 0.25) is 0 Å². The average Bonchev–Trinajstić information content (AvgIpc) is 2.41. The van der Waals surface area contributed by atoms with E-state index >= 15 is 0 Å². The lowest BCUT2D eigenvalue weighted by atomic mass is 10.5. The molecule has 0 radical (unpaired) electrons. The number of nitrogens with zero attached hydrogens (tertiary/aromatic N) is 1. The summed E-state index contributed by atoms with van der Waals surface area (Å²) in [6.07, 6.45) is 1.87. The molecule has 0 bridgehead atoms. The first kappa shape index (κ1) is 6.98. The smallest absolute Gasteiger partial charge is 0.112 e. The Kier molecular flexibility index (Phi) is 1.68. The number of halogens is 2. The van der Waals surface area contributed by atoms with Gasteiger partial charge in [0, 0.05) is 4.37 Å². The minimum Gasteiger partial charge on any atom is -0.112 e. The molecule has 0 aliphatic heterocycles. The predicted molar refractivity (Wildman–Crippen MR) is 47.0 cm³/mol. The van der Waals surface area contributed by atoms with Crippen molar-refractivity contribution in [1.29, 1.82) is 0 Å². The third-order valence-corrected chi connectivity index (χ3v) is 4.13. The number of alkyl halides is 1. The molecule has 52 valence electrons. The maximum absolute atomic E-state index is 5.87. The maximum atomic E-state index is 5.87. The van der Waals surface area contributed by atoms with Gasteiger partial charge in [-0.05, 0) is 6.08 Å². The monoisotopic (exact) mass is 210 g/mol. The second-order valence-electron chi connectivity index (χ2n) is 1.88. The Hall–Kier alpha value is 0.300. The summed E-state index contributed by atoms with van der Waals surface area (Å²) >= 11 is 11.7. The Morgan fingerprint density at radius 2 is 2.50 bits per heavy atom. The van der Waals surface area contributed by atoms with E-state index in [1.165, 1.54) is 10.5 Å². The van der Waals surface area contributed by atoms with E-state index in [1.807, 2.05) is 6.08 Å². The lowest BCUT2D eigenvalue weighted by molar-refractivity contribution is 1.43. The largest absolute Gasteiger partial charge is 0.440 e. The van der Waals surface area contributed by atoms with Gasteiger partial charge >= 0.3 is 10.5 Å². The van der Waals surface area contributed by atoms with E-state index in [4.69, 9.17) is 23.2 Å². The van der Waals surface area contributed by atoms with Crippen LogP contribution in [-0.2, 0) is 0 Å². The zero-order valence-electron chi connectivity index (χ0n) is 4.67. The zero-order valence-corrected chi connectivity index (χ0v) is 7.82. The van der Waals surface area contributed by atoms with Gasteiger partial charge in [0.15, 0.2) is 10.3 Å². The van der Waals surface area contributed by atoms with Crippen LogP contribution < -0.4 is 9.88 Å². The van der Waals surface area contributed by atoms with Crippen molar-refractivity contribution in [3.63, 3.8) is 0 Å². The van der Waals surface area contributed by atoms with Crippen LogP contribution in [-0.4, -0.2) is 9.75 Å². The number of rotatable bonds is 0. The van der Waals surface area contributed by atoms with E-state index in [-0.39, 0.29) is 5.38 Å². The Labute approximate surface area is 74.8 Å². The summed E-state index contributed by atoms with van der Waals surface area (Å²) in [4.78, 5) is 0. The van der Waals surface area contributed by atoms with E-state index in [0.29, 0.717) is 0 Å². The first-order valence-corrected chi connectivity index (χ1v) is 5.52. The fraction of sp³-hybridized carbons (Fsp3) is 0.200. The number of hydrogen-bond acceptors (Lipinski definition) is 2. The van der Waals surface area contributed by atoms with Gasteiger partial charge in [-0.1, -0.05) is 11.6 Å². The van der Waals surface area contributed by atoms with Gasteiger partial charge in [-0.15, -0.1) is 11.6 Å². The fourth-order valence-corrected chi connectivity index (χ4v) is 3.40. The normalized spacial score (nSPS) is 22.6. The SMILES string of the molecule is ClC1=c2s[s+]nc2=CC1Cl. The van der Waals surface area contributed by atoms with Gasteiger partial charge in [-0.25, -0.2) is 0 Å². The van der Waals surface area contributed by atoms with Crippen molar-refractivity contribution >= 4 is 55.2 Å². The molecule has 2 rings (SSSR count). The van der Waals surface area contributed by atoms with Crippen molar-refractivity contribution in [2.24, 2.45) is 0 Å². The lowest BCUT2D eigenvalue weighted by Gasteiger charge is -1.90. The first-order valence-electron chi connectivity index (χ1n) is 2.59. The third-order valence-electron chi connectivity index (χ3n) is 1.25. The molecule has 1 aliphatic rings. The second-order valence-corrected chi connectivity index (χ2v) is 4.61. The molecule has 0 saturated carbocycles. The highest BCUT2D eigenvalue weighted by Gasteiger charge is 2.19. The van der Waals surface area contributed by atoms with Gasteiger partial charge in [0.05, 0.1) is 10.4 Å². The average molecular weight is 211 g/mol. The van der Waals surface area contributed by atoms with E-state index in [2.05, 4.69) is 4.37 Å². The van der Waals surface area contributed by atoms with Crippen LogP contribution >= 0.6 is 44.1 Å². The van der Waals surface area contributed by atoms with Crippen LogP contribution in [0.25, 0.3) is 11.1 Å². The van der Waals surface area contributed by atoms with E-state index in [0.717, 1.165) is 14.9 Å². The zero-order chi connectivity index (χ0) is 7.14. The van der Waals surface area contributed by atoms with Gasteiger partial charge in [0.25, 0.3) is 0 Å². The van der Waals surface area contributed by atoms with Gasteiger partial charge in [0.2, 0.25) is 0 Å². The minimum atomic E-state index is -0.149. The molecule has 1 aliphatic carbocycles. The van der Waals surface area contributed by atoms with Crippen LogP contribution in [0.5, 0.6) is 0 Å². The van der Waals surface area contributed by atoms with Crippen molar-refractivity contribution in [1.82, 2.24) is 4.37 Å². The van der Waals surface area contributed by atoms with Crippen molar-refractivity contribution in [3.8, 4) is 0 Å². The molecule has 0 aromatic carbocycles. The molecular weight excluding hydrogens is 209 g/mol. The summed E-state index contributed by atoms with van der Waals surface area (Å²) in [7, 11) is 3.01. The molecule has 1 aromatic heterocycles. The Balaban J connectivity index is 2.89. The Morgan fingerprint density at radius 3 is 3.20 bits per heavy atom. The highest BCUT2D eigenvalue weighted by atomic mass is 35.5. The standard InChI is InChI=1S/C5H2Cl2NS2/c6-2-1-3-5(4(2)7)9-10-8-3/h1-2H/q+1. The fourth-order valence-electron chi connectivity index (χ4n) is 0.785. The summed E-state index contributed by atoms with van der Waals surface area (Å²) in [5.41, 5.74) is 0. The molecule has 0 fully saturated rings. The first-order chi connectivity index (χ1) is 4.79. The molecule has 1 heterocycles. The molecule has 1 atom stereocenters. The van der Waals surface area contributed by atoms with Crippen LogP contribution in [0.15, 0.2) is 0 Å². The Morgan fingerprint density at radius 1 is 1.70 bits per heavy atom. The van der Waals surface area contributed by atoms with Crippen molar-refractivity contribution < 1.29 is 0 Å². The molecule has 10 heavy (non-hydrogen) atoms. The molecule has 1 aromatic rings. The Bertz CT molecular complexity index is 369. The van der Waals surface area contributed by atoms with Crippen molar-refractivity contribution in [2.45, 2.75) is 5.38 Å². The highest BCUT2D eigenvalue weighted by Crippen LogP contribution is 2.18. The second kappa shape index (κ2) is 2.41. The van der Waals surface area contributed by atoms with Crippen LogP contribution in [0.4, 0.5) is 0 Å². The van der Waals surface area contributed by atoms with Gasteiger partial charge in [0.1, 0.15) is 9.88 Å². The third kappa shape index (κ3) is 0.889. The maximum Gasteiger partial charge on any atom is 0.440 e. The number of hydrogen-bond donors (Lipinski definition) is 0. The molecule has 0 amide bonds. The highest BCUT2D eigenvalue weighted by molar-refractivity contribution is 7.66. The van der Waals surface area contributed by atoms with Gasteiger partial charge in [-0.2, -0.15) is 0 Å². The van der Waals surface area contributed by atoms with Crippen molar-refractivity contribution in [2.75, 3.05) is 0 Å². The van der Waals surface area contributed by atoms with E-state index in [9.17, 15) is 0 Å². The summed E-state index contributed by atoms with van der Waals surface area (Å²) in [5, 5.41) is 1.51. The molecule has 0 spiro atoms. The van der Waals surface area contributed by atoms with Crippen LogP contribution in [0, 0.1) is 0 Å². The van der Waals surface area contributed by atoms with Gasteiger partial charge in [-0.3, -0.25) is 0 Å². The molecule has 1 nitrogen and oxygen atoms in total. The van der Waals surface area contributed by atoms with Crippen molar-refractivity contribution in [3.05, 3.63) is 9.88 Å². The predicted octanol–water partition coefficient (Wildman–Crippen LogP) is 1.23. The molecule has 0 N–H and O–H groups in total. The summed E-state index contributed by atoms with van der Waals surface area (Å²) in [5.74, 6) is 0. The van der Waals surface area contributed by atoms with Gasteiger partial charge < -0.3 is 0 Å². The number of aromatic nitrogens is 1. The summed E-state index contributed by atoms with van der Waals surface area (Å²) in [6, 6.07) is 0. The molecule has 1 unspecified atom stereocenters. The van der Waals surface area contributed by atoms with Crippen LogP contribution in [0.1, 0.15) is 0 Å². The topological polar surface area (TPSA) is 12.9 Å². The van der Waals surface area contributed by atoms with Crippen LogP contribution in [0.3, 0.4) is 0 Å². The minimum absolute atomic E-state index is 0.149. The summed E-state index contributed by atoms with van der Waals surface area (Å²) in [6.45, 7) is 0. The quantitative estimate of drug-likeness (QED) is 0.357. The molecular formula is C5H2Cl2NS2+. The van der Waals surface area contributed by atoms with E-state index in [1.54, 1.807) is 10.3 Å². The van der Waals surface area contributed by atoms with E-state index < -0.39 is 0 Å². The molecule has 0 saturated heterocycles.